The molecule has 9 heteroatoms. The largest absolute Gasteiger partial charge is 0.444 e. The molecule has 0 bridgehead atoms. The molecule has 188 valence electrons. The average molecular weight is 483 g/mol. The second-order valence-electron chi connectivity index (χ2n) is 9.31. The highest BCUT2D eigenvalue weighted by Gasteiger charge is 2.27. The number of anilines is 1. The molecule has 0 saturated heterocycles. The fourth-order valence-electron chi connectivity index (χ4n) is 4.01. The van der Waals surface area contributed by atoms with Crippen LogP contribution in [0.4, 0.5) is 15.1 Å². The summed E-state index contributed by atoms with van der Waals surface area (Å²) in [7, 11) is 0. The summed E-state index contributed by atoms with van der Waals surface area (Å²) in [5.41, 5.74) is 1.05. The van der Waals surface area contributed by atoms with Gasteiger partial charge in [-0.2, -0.15) is 4.98 Å². The molecule has 8 nitrogen and oxygen atoms in total. The molecule has 1 aliphatic carbocycles. The smallest absolute Gasteiger partial charge is 0.408 e. The Balaban J connectivity index is 0.00000167. The molecule has 0 radical (unpaired) electrons. The maximum atomic E-state index is 15.7. The molecular formula is C26H35FN6O2. The zero-order valence-corrected chi connectivity index (χ0v) is 21.4. The van der Waals surface area contributed by atoms with Crippen LogP contribution in [0.2, 0.25) is 0 Å². The number of carbonyl (C=O) groups excluding carboxylic acids is 1. The molecule has 2 heterocycles. The average Bonchev–Trinajstić information content (AvgIpc) is 3.09. The number of amides is 1. The molecule has 0 fully saturated rings. The summed E-state index contributed by atoms with van der Waals surface area (Å²) in [6.45, 7) is 11.4. The molecule has 2 aromatic rings. The first-order valence-electron chi connectivity index (χ1n) is 12.2. The molecule has 2 N–H and O–H groups in total. The summed E-state index contributed by atoms with van der Waals surface area (Å²) in [4.78, 5) is 29.5. The number of ether oxygens (including phenoxy) is 1. The van der Waals surface area contributed by atoms with E-state index in [4.69, 9.17) is 4.74 Å². The van der Waals surface area contributed by atoms with Crippen LogP contribution in [0.3, 0.4) is 0 Å². The number of carbonyl (C=O) groups is 1. The Morgan fingerprint density at radius 2 is 1.94 bits per heavy atom. The van der Waals surface area contributed by atoms with E-state index in [0.717, 1.165) is 24.8 Å². The fourth-order valence-corrected chi connectivity index (χ4v) is 4.01. The summed E-state index contributed by atoms with van der Waals surface area (Å²) < 4.78 is 21.1. The summed E-state index contributed by atoms with van der Waals surface area (Å²) in [5, 5.41) is 5.95. The molecule has 2 aliphatic rings. The van der Waals surface area contributed by atoms with E-state index in [9.17, 15) is 4.79 Å². The van der Waals surface area contributed by atoms with E-state index in [0.29, 0.717) is 29.3 Å². The number of nitrogens with one attached hydrogen (secondary N) is 2. The van der Waals surface area contributed by atoms with Crippen molar-refractivity contribution in [3.63, 3.8) is 0 Å². The zero-order chi connectivity index (χ0) is 25.6. The van der Waals surface area contributed by atoms with Crippen molar-refractivity contribution in [2.24, 2.45) is 4.99 Å². The van der Waals surface area contributed by atoms with Crippen molar-refractivity contribution in [1.82, 2.24) is 20.3 Å². The van der Waals surface area contributed by atoms with Gasteiger partial charge in [0.1, 0.15) is 23.6 Å². The molecule has 35 heavy (non-hydrogen) atoms. The molecular weight excluding hydrogens is 447 g/mol. The maximum Gasteiger partial charge on any atom is 0.408 e. The molecule has 1 aromatic carbocycles. The van der Waals surface area contributed by atoms with Crippen molar-refractivity contribution < 1.29 is 13.9 Å². The topological polar surface area (TPSA) is 101 Å². The number of aromatic nitrogens is 3. The third kappa shape index (κ3) is 6.83. The van der Waals surface area contributed by atoms with E-state index < -0.39 is 11.7 Å². The van der Waals surface area contributed by atoms with Gasteiger partial charge >= 0.3 is 6.09 Å². The Bertz CT molecular complexity index is 1110. The van der Waals surface area contributed by atoms with Gasteiger partial charge in [-0.25, -0.2) is 19.2 Å². The van der Waals surface area contributed by atoms with E-state index >= 15 is 4.39 Å². The van der Waals surface area contributed by atoms with Crippen molar-refractivity contribution in [2.45, 2.75) is 84.9 Å². The Hall–Kier alpha value is -3.36. The minimum absolute atomic E-state index is 0.0954. The van der Waals surface area contributed by atoms with E-state index in [1.807, 2.05) is 59.8 Å². The fraction of sp³-hybridized carbons (Fsp3) is 0.500. The van der Waals surface area contributed by atoms with Gasteiger partial charge in [0.15, 0.2) is 5.82 Å². The molecule has 1 amide bonds. The standard InChI is InChI=1S/C24H29FN6O2.C2H6/c1-14-9-12-19(28-14)30-22-27-13-26-21(31-22)17-11-10-15-16(20(17)25)7-5-6-8-18(15)29-23(32)33-24(2,3)4;1-2/h9-14,18H,5-8H2,1-4H3,(H,29,32)(H,26,27,28,30,31);1-2H3/t14-,18?;/m1./s1. The maximum absolute atomic E-state index is 15.7. The number of nitrogens with zero attached hydrogens (tertiary/aromatic N) is 4. The predicted octanol–water partition coefficient (Wildman–Crippen LogP) is 5.76. The van der Waals surface area contributed by atoms with Gasteiger partial charge in [-0.05, 0) is 70.2 Å². The van der Waals surface area contributed by atoms with Crippen LogP contribution in [-0.2, 0) is 11.2 Å². The zero-order valence-electron chi connectivity index (χ0n) is 21.4. The highest BCUT2D eigenvalue weighted by Crippen LogP contribution is 2.34. The van der Waals surface area contributed by atoms with Gasteiger partial charge < -0.3 is 15.4 Å². The first-order chi connectivity index (χ1) is 16.7. The lowest BCUT2D eigenvalue weighted by Crippen LogP contribution is -2.35. The highest BCUT2D eigenvalue weighted by molar-refractivity contribution is 6.04. The van der Waals surface area contributed by atoms with Crippen LogP contribution >= 0.6 is 0 Å². The van der Waals surface area contributed by atoms with E-state index in [1.54, 1.807) is 6.07 Å². The van der Waals surface area contributed by atoms with Gasteiger partial charge in [0, 0.05) is 0 Å². The third-order valence-corrected chi connectivity index (χ3v) is 5.44. The summed E-state index contributed by atoms with van der Waals surface area (Å²) in [6, 6.07) is 3.30. The monoisotopic (exact) mass is 482 g/mol. The van der Waals surface area contributed by atoms with Gasteiger partial charge in [0.2, 0.25) is 5.95 Å². The number of aliphatic imine (C=N–C) groups is 1. The van der Waals surface area contributed by atoms with Crippen LogP contribution in [-0.4, -0.2) is 38.5 Å². The minimum atomic E-state index is -0.602. The summed E-state index contributed by atoms with van der Waals surface area (Å²) >= 11 is 0. The van der Waals surface area contributed by atoms with Gasteiger partial charge in [-0.1, -0.05) is 32.4 Å². The van der Waals surface area contributed by atoms with Gasteiger partial charge in [0.05, 0.1) is 17.6 Å². The summed E-state index contributed by atoms with van der Waals surface area (Å²) in [5.74, 6) is 0.827. The SMILES string of the molecule is CC.C[C@@H]1C=CC(Nc2ncnc(-c3ccc4c(c3F)CCCCC4NC(=O)OC(C)(C)C)n2)=N1. The van der Waals surface area contributed by atoms with E-state index in [-0.39, 0.29) is 23.7 Å². The number of alkyl carbamates (subject to hydrolysis) is 1. The molecule has 0 saturated carbocycles. The number of benzene rings is 1. The number of hydrogen-bond donors (Lipinski definition) is 2. The van der Waals surface area contributed by atoms with Crippen molar-refractivity contribution >= 4 is 17.9 Å². The third-order valence-electron chi connectivity index (χ3n) is 5.44. The van der Waals surface area contributed by atoms with Crippen LogP contribution < -0.4 is 10.6 Å². The lowest BCUT2D eigenvalue weighted by molar-refractivity contribution is 0.0501. The number of rotatable bonds is 3. The number of halogens is 1. The number of fused-ring (bicyclic) bond motifs is 1. The lowest BCUT2D eigenvalue weighted by atomic mass is 9.95. The van der Waals surface area contributed by atoms with Gasteiger partial charge in [0.25, 0.3) is 0 Å². The van der Waals surface area contributed by atoms with E-state index in [2.05, 4.69) is 30.6 Å². The van der Waals surface area contributed by atoms with Gasteiger partial charge in [-0.3, -0.25) is 4.99 Å². The molecule has 1 unspecified atom stereocenters. The van der Waals surface area contributed by atoms with Crippen LogP contribution in [0.25, 0.3) is 11.4 Å². The normalized spacial score (nSPS) is 19.0. The molecule has 1 aromatic heterocycles. The molecule has 2 atom stereocenters. The van der Waals surface area contributed by atoms with Crippen molar-refractivity contribution in [3.05, 3.63) is 47.6 Å². The van der Waals surface area contributed by atoms with Crippen molar-refractivity contribution in [1.29, 1.82) is 0 Å². The van der Waals surface area contributed by atoms with Crippen molar-refractivity contribution in [3.8, 4) is 11.4 Å². The predicted molar refractivity (Wildman–Crippen MR) is 136 cm³/mol. The van der Waals surface area contributed by atoms with Crippen molar-refractivity contribution in [2.75, 3.05) is 5.32 Å². The van der Waals surface area contributed by atoms with Crippen LogP contribution in [0, 0.1) is 5.82 Å². The Kier molecular flexibility index (Phi) is 8.53. The molecule has 0 spiro atoms. The highest BCUT2D eigenvalue weighted by atomic mass is 19.1. The van der Waals surface area contributed by atoms with Crippen LogP contribution in [0.15, 0.2) is 35.6 Å². The second-order valence-corrected chi connectivity index (χ2v) is 9.31. The van der Waals surface area contributed by atoms with Crippen LogP contribution in [0.1, 0.15) is 78.0 Å². The Morgan fingerprint density at radius 3 is 2.63 bits per heavy atom. The minimum Gasteiger partial charge on any atom is -0.444 e. The first-order valence-corrected chi connectivity index (χ1v) is 12.2. The summed E-state index contributed by atoms with van der Waals surface area (Å²) in [6.07, 6.45) is 7.66. The second kappa shape index (κ2) is 11.4. The first kappa shape index (κ1) is 26.2. The van der Waals surface area contributed by atoms with E-state index in [1.165, 1.54) is 6.33 Å². The number of amidine groups is 1. The van der Waals surface area contributed by atoms with Crippen LogP contribution in [0.5, 0.6) is 0 Å². The quantitative estimate of drug-likeness (QED) is 0.539. The lowest BCUT2D eigenvalue weighted by Gasteiger charge is -2.24. The Morgan fingerprint density at radius 1 is 1.17 bits per heavy atom. The number of hydrogen-bond acceptors (Lipinski definition) is 7. The van der Waals surface area contributed by atoms with Gasteiger partial charge in [-0.15, -0.1) is 0 Å². The Labute approximate surface area is 206 Å². The molecule has 1 aliphatic heterocycles. The molecule has 4 rings (SSSR count).